The van der Waals surface area contributed by atoms with Crippen molar-refractivity contribution in [2.75, 3.05) is 25.4 Å². The van der Waals surface area contributed by atoms with E-state index in [1.54, 1.807) is 24.1 Å². The Bertz CT molecular complexity index is 672. The third-order valence-corrected chi connectivity index (χ3v) is 3.69. The van der Waals surface area contributed by atoms with E-state index in [-0.39, 0.29) is 12.0 Å². The van der Waals surface area contributed by atoms with E-state index < -0.39 is 0 Å². The Hall–Kier alpha value is -2.47. The molecule has 2 N–H and O–H groups in total. The second-order valence-electron chi connectivity index (χ2n) is 5.24. The molecule has 0 unspecified atom stereocenters. The van der Waals surface area contributed by atoms with Gasteiger partial charge in [0.05, 0.1) is 24.5 Å². The lowest BCUT2D eigenvalue weighted by Crippen LogP contribution is -2.41. The number of morpholine rings is 1. The lowest BCUT2D eigenvalue weighted by Gasteiger charge is -2.32. The van der Waals surface area contributed by atoms with Crippen molar-refractivity contribution < 1.29 is 9.53 Å². The Morgan fingerprint density at radius 1 is 1.36 bits per heavy atom. The van der Waals surface area contributed by atoms with Crippen LogP contribution in [0.2, 0.25) is 0 Å². The van der Waals surface area contributed by atoms with Crippen LogP contribution in [0.3, 0.4) is 0 Å². The topological polar surface area (TPSA) is 81.3 Å². The number of carbonyl (C=O) groups is 1. The number of nitrogens with zero attached hydrogens (tertiary/aromatic N) is 3. The lowest BCUT2D eigenvalue weighted by molar-refractivity contribution is -0.136. The maximum absolute atomic E-state index is 11.5. The maximum Gasteiger partial charge on any atom is 0.219 e. The molecule has 1 saturated heterocycles. The fourth-order valence-corrected chi connectivity index (χ4v) is 2.46. The number of hydrogen-bond acceptors (Lipinski definition) is 5. The highest BCUT2D eigenvalue weighted by molar-refractivity contribution is 5.73. The van der Waals surface area contributed by atoms with Gasteiger partial charge in [-0.05, 0) is 24.3 Å². The van der Waals surface area contributed by atoms with E-state index in [0.717, 1.165) is 17.0 Å². The average molecular weight is 298 g/mol. The van der Waals surface area contributed by atoms with Crippen LogP contribution in [0, 0.1) is 0 Å². The van der Waals surface area contributed by atoms with Crippen LogP contribution in [0.1, 0.15) is 18.7 Å². The quantitative estimate of drug-likeness (QED) is 0.911. The van der Waals surface area contributed by atoms with Crippen LogP contribution in [0.25, 0.3) is 11.3 Å². The predicted octanol–water partition coefficient (Wildman–Crippen LogP) is 1.65. The highest BCUT2D eigenvalue weighted by Crippen LogP contribution is 2.24. The monoisotopic (exact) mass is 298 g/mol. The number of carbonyl (C=O) groups excluding carboxylic acids is 1. The molecule has 1 amide bonds. The van der Waals surface area contributed by atoms with Crippen molar-refractivity contribution in [1.82, 2.24) is 14.9 Å². The molecule has 22 heavy (non-hydrogen) atoms. The smallest absolute Gasteiger partial charge is 0.219 e. The van der Waals surface area contributed by atoms with Crippen molar-refractivity contribution in [1.29, 1.82) is 0 Å². The largest absolute Gasteiger partial charge is 0.384 e. The Balaban J connectivity index is 1.84. The summed E-state index contributed by atoms with van der Waals surface area (Å²) in [5, 5.41) is 0. The van der Waals surface area contributed by atoms with Gasteiger partial charge in [-0.3, -0.25) is 4.79 Å². The summed E-state index contributed by atoms with van der Waals surface area (Å²) in [6.45, 7) is 3.27. The molecule has 0 radical (unpaired) electrons. The first-order valence-electron chi connectivity index (χ1n) is 7.19. The third-order valence-electron chi connectivity index (χ3n) is 3.69. The number of nitrogens with two attached hydrogens (primary N) is 1. The fraction of sp³-hybridized carbons (Fsp3) is 0.312. The van der Waals surface area contributed by atoms with Crippen LogP contribution in [0.4, 0.5) is 5.82 Å². The van der Waals surface area contributed by atoms with E-state index in [4.69, 9.17) is 10.5 Å². The molecular formula is C16H18N4O2. The first-order valence-corrected chi connectivity index (χ1v) is 7.19. The molecule has 1 aliphatic heterocycles. The first-order chi connectivity index (χ1) is 10.6. The van der Waals surface area contributed by atoms with Crippen LogP contribution in [-0.4, -0.2) is 40.5 Å². The highest BCUT2D eigenvalue weighted by atomic mass is 16.5. The second kappa shape index (κ2) is 6.11. The number of pyridine rings is 2. The maximum atomic E-state index is 11.5. The molecule has 1 atom stereocenters. The van der Waals surface area contributed by atoms with Gasteiger partial charge in [-0.1, -0.05) is 6.07 Å². The van der Waals surface area contributed by atoms with Gasteiger partial charge in [0, 0.05) is 25.2 Å². The van der Waals surface area contributed by atoms with Gasteiger partial charge in [0.2, 0.25) is 5.91 Å². The lowest BCUT2D eigenvalue weighted by atomic mass is 10.1. The second-order valence-corrected chi connectivity index (χ2v) is 5.24. The van der Waals surface area contributed by atoms with Crippen LogP contribution in [-0.2, 0) is 9.53 Å². The molecule has 0 aliphatic carbocycles. The van der Waals surface area contributed by atoms with Crippen molar-refractivity contribution >= 4 is 11.7 Å². The van der Waals surface area contributed by atoms with Crippen molar-refractivity contribution in [2.24, 2.45) is 0 Å². The molecule has 0 aromatic carbocycles. The van der Waals surface area contributed by atoms with E-state index in [0.29, 0.717) is 25.5 Å². The average Bonchev–Trinajstić information content (AvgIpc) is 2.56. The molecule has 3 rings (SSSR count). The minimum atomic E-state index is -0.195. The summed E-state index contributed by atoms with van der Waals surface area (Å²) in [5.74, 6) is 0.541. The summed E-state index contributed by atoms with van der Waals surface area (Å²) in [6.07, 6.45) is 1.50. The Labute approximate surface area is 128 Å². The van der Waals surface area contributed by atoms with E-state index in [1.807, 2.05) is 24.3 Å². The fourth-order valence-electron chi connectivity index (χ4n) is 2.46. The zero-order valence-corrected chi connectivity index (χ0v) is 12.4. The Kier molecular flexibility index (Phi) is 4.02. The summed E-state index contributed by atoms with van der Waals surface area (Å²) in [5.41, 5.74) is 8.14. The SMILES string of the molecule is CC(=O)N1CCO[C@@H](c2cccc(-c3ccc(N)nc3)n2)C1. The number of nitrogen functional groups attached to an aromatic ring is 1. The van der Waals surface area contributed by atoms with E-state index in [2.05, 4.69) is 9.97 Å². The molecule has 114 valence electrons. The first kappa shape index (κ1) is 14.5. The predicted molar refractivity (Wildman–Crippen MR) is 82.8 cm³/mol. The molecular weight excluding hydrogens is 280 g/mol. The molecule has 0 saturated carbocycles. The highest BCUT2D eigenvalue weighted by Gasteiger charge is 2.24. The number of rotatable bonds is 2. The Morgan fingerprint density at radius 3 is 2.95 bits per heavy atom. The van der Waals surface area contributed by atoms with Gasteiger partial charge in [0.15, 0.2) is 0 Å². The van der Waals surface area contributed by atoms with Crippen molar-refractivity contribution in [3.05, 3.63) is 42.2 Å². The molecule has 1 fully saturated rings. The van der Waals surface area contributed by atoms with Crippen LogP contribution in [0.15, 0.2) is 36.5 Å². The zero-order chi connectivity index (χ0) is 15.5. The van der Waals surface area contributed by atoms with Crippen LogP contribution in [0.5, 0.6) is 0 Å². The summed E-state index contributed by atoms with van der Waals surface area (Å²) in [4.78, 5) is 22.0. The van der Waals surface area contributed by atoms with E-state index >= 15 is 0 Å². The van der Waals surface area contributed by atoms with Gasteiger partial charge in [-0.25, -0.2) is 9.97 Å². The molecule has 3 heterocycles. The molecule has 0 spiro atoms. The van der Waals surface area contributed by atoms with Crippen molar-refractivity contribution in [2.45, 2.75) is 13.0 Å². The summed E-state index contributed by atoms with van der Waals surface area (Å²) in [6, 6.07) is 9.41. The zero-order valence-electron chi connectivity index (χ0n) is 12.4. The van der Waals surface area contributed by atoms with Gasteiger partial charge >= 0.3 is 0 Å². The third kappa shape index (κ3) is 3.07. The van der Waals surface area contributed by atoms with Gasteiger partial charge < -0.3 is 15.4 Å². The standard InChI is InChI=1S/C16H18N4O2/c1-11(21)20-7-8-22-15(10-20)14-4-2-3-13(19-14)12-5-6-16(17)18-9-12/h2-6,9,15H,7-8,10H2,1H3,(H2,17,18)/t15-/m1/s1. The van der Waals surface area contributed by atoms with Gasteiger partial charge in [-0.15, -0.1) is 0 Å². The van der Waals surface area contributed by atoms with Crippen molar-refractivity contribution in [3.8, 4) is 11.3 Å². The normalized spacial score (nSPS) is 18.2. The Morgan fingerprint density at radius 2 is 2.23 bits per heavy atom. The number of hydrogen-bond donors (Lipinski definition) is 1. The molecule has 0 bridgehead atoms. The van der Waals surface area contributed by atoms with Crippen LogP contribution < -0.4 is 5.73 Å². The minimum absolute atomic E-state index is 0.0622. The van der Waals surface area contributed by atoms with Gasteiger partial charge in [0.25, 0.3) is 0 Å². The minimum Gasteiger partial charge on any atom is -0.384 e. The number of anilines is 1. The summed E-state index contributed by atoms with van der Waals surface area (Å²) < 4.78 is 5.76. The summed E-state index contributed by atoms with van der Waals surface area (Å²) >= 11 is 0. The van der Waals surface area contributed by atoms with Gasteiger partial charge in [0.1, 0.15) is 11.9 Å². The number of ether oxygens (including phenoxy) is 1. The molecule has 2 aromatic rings. The molecule has 6 nitrogen and oxygen atoms in total. The van der Waals surface area contributed by atoms with E-state index in [9.17, 15) is 4.79 Å². The number of aromatic nitrogens is 2. The number of amides is 1. The molecule has 6 heteroatoms. The molecule has 1 aliphatic rings. The van der Waals surface area contributed by atoms with Crippen molar-refractivity contribution in [3.63, 3.8) is 0 Å². The summed E-state index contributed by atoms with van der Waals surface area (Å²) in [7, 11) is 0. The molecule has 2 aromatic heterocycles. The van der Waals surface area contributed by atoms with Crippen LogP contribution >= 0.6 is 0 Å². The van der Waals surface area contributed by atoms with E-state index in [1.165, 1.54) is 0 Å². The van der Waals surface area contributed by atoms with Gasteiger partial charge in [-0.2, -0.15) is 0 Å².